The third-order valence-electron chi connectivity index (χ3n) is 3.02. The molecular formula is C15H18O4. The van der Waals surface area contributed by atoms with Crippen molar-refractivity contribution in [3.05, 3.63) is 46.5 Å². The van der Waals surface area contributed by atoms with Crippen molar-refractivity contribution in [2.75, 3.05) is 0 Å². The minimum absolute atomic E-state index is 0.0317. The molecule has 0 aliphatic rings. The van der Waals surface area contributed by atoms with E-state index < -0.39 is 11.9 Å². The predicted molar refractivity (Wildman–Crippen MR) is 72.0 cm³/mol. The van der Waals surface area contributed by atoms with Gasteiger partial charge in [0.15, 0.2) is 0 Å². The fraction of sp³-hybridized carbons (Fsp3) is 0.333. The van der Waals surface area contributed by atoms with Gasteiger partial charge in [0.05, 0.1) is 11.1 Å². The summed E-state index contributed by atoms with van der Waals surface area (Å²) >= 11 is 0. The maximum Gasteiger partial charge on any atom is 0.332 e. The third kappa shape index (κ3) is 3.68. The van der Waals surface area contributed by atoms with E-state index in [4.69, 9.17) is 0 Å². The normalized spacial score (nSPS) is 12.2. The van der Waals surface area contributed by atoms with Crippen LogP contribution in [0, 0.1) is 12.8 Å². The van der Waals surface area contributed by atoms with Gasteiger partial charge in [0.1, 0.15) is 0 Å². The summed E-state index contributed by atoms with van der Waals surface area (Å²) in [7, 11) is 0. The standard InChI is InChI=1S/C15H18O4/c1-9(2)13(15(18)19)12(14(16)17)8-11-7-5-4-6-10(11)3/h4-7,9H,8H2,1-3H3,(H,16,17)(H,18,19)/b13-12-. The van der Waals surface area contributed by atoms with Gasteiger partial charge in [-0.3, -0.25) is 0 Å². The Morgan fingerprint density at radius 3 is 2.11 bits per heavy atom. The largest absolute Gasteiger partial charge is 0.478 e. The number of aryl methyl sites for hydroxylation is 1. The molecule has 0 bridgehead atoms. The summed E-state index contributed by atoms with van der Waals surface area (Å²) < 4.78 is 0. The lowest BCUT2D eigenvalue weighted by Crippen LogP contribution is -2.17. The van der Waals surface area contributed by atoms with Crippen LogP contribution in [0.3, 0.4) is 0 Å². The fourth-order valence-electron chi connectivity index (χ4n) is 2.01. The van der Waals surface area contributed by atoms with Gasteiger partial charge in [-0.2, -0.15) is 0 Å². The van der Waals surface area contributed by atoms with Crippen molar-refractivity contribution in [3.8, 4) is 0 Å². The number of carbonyl (C=O) groups is 2. The molecule has 0 aliphatic heterocycles. The van der Waals surface area contributed by atoms with E-state index in [9.17, 15) is 19.8 Å². The molecule has 102 valence electrons. The summed E-state index contributed by atoms with van der Waals surface area (Å²) in [5.74, 6) is -2.68. The Kier molecular flexibility index (Phi) is 4.87. The summed E-state index contributed by atoms with van der Waals surface area (Å²) in [4.78, 5) is 22.6. The van der Waals surface area contributed by atoms with Crippen LogP contribution in [0.2, 0.25) is 0 Å². The van der Waals surface area contributed by atoms with E-state index >= 15 is 0 Å². The molecule has 0 saturated carbocycles. The second-order valence-corrected chi connectivity index (χ2v) is 4.76. The van der Waals surface area contributed by atoms with E-state index in [1.807, 2.05) is 31.2 Å². The average molecular weight is 262 g/mol. The second-order valence-electron chi connectivity index (χ2n) is 4.76. The van der Waals surface area contributed by atoms with Crippen LogP contribution in [0.1, 0.15) is 25.0 Å². The van der Waals surface area contributed by atoms with E-state index in [0.29, 0.717) is 0 Å². The molecule has 2 N–H and O–H groups in total. The number of benzene rings is 1. The Morgan fingerprint density at radius 1 is 1.11 bits per heavy atom. The van der Waals surface area contributed by atoms with Gasteiger partial charge >= 0.3 is 11.9 Å². The predicted octanol–water partition coefficient (Wildman–Crippen LogP) is 2.66. The van der Waals surface area contributed by atoms with Crippen LogP contribution in [0.5, 0.6) is 0 Å². The molecule has 1 rings (SSSR count). The number of hydrogen-bond acceptors (Lipinski definition) is 2. The first-order valence-corrected chi connectivity index (χ1v) is 6.08. The first-order chi connectivity index (χ1) is 8.84. The summed E-state index contributed by atoms with van der Waals surface area (Å²) in [5, 5.41) is 18.5. The lowest BCUT2D eigenvalue weighted by molar-refractivity contribution is -0.136. The molecule has 4 heteroatoms. The molecule has 0 aliphatic carbocycles. The van der Waals surface area contributed by atoms with E-state index in [2.05, 4.69) is 0 Å². The molecule has 0 spiro atoms. The summed E-state index contributed by atoms with van der Waals surface area (Å²) in [5.41, 5.74) is 1.71. The van der Waals surface area contributed by atoms with E-state index in [1.54, 1.807) is 13.8 Å². The third-order valence-corrected chi connectivity index (χ3v) is 3.02. The zero-order valence-electron chi connectivity index (χ0n) is 11.3. The van der Waals surface area contributed by atoms with Gasteiger partial charge in [0.2, 0.25) is 0 Å². The number of hydrogen-bond donors (Lipinski definition) is 2. The lowest BCUT2D eigenvalue weighted by atomic mass is 9.91. The molecule has 0 aromatic heterocycles. The molecule has 19 heavy (non-hydrogen) atoms. The quantitative estimate of drug-likeness (QED) is 0.800. The maximum absolute atomic E-state index is 11.3. The Balaban J connectivity index is 3.30. The molecule has 0 radical (unpaired) electrons. The molecule has 0 amide bonds. The highest BCUT2D eigenvalue weighted by atomic mass is 16.4. The van der Waals surface area contributed by atoms with Gasteiger partial charge in [0.25, 0.3) is 0 Å². The maximum atomic E-state index is 11.3. The summed E-state index contributed by atoms with van der Waals surface area (Å²) in [6.45, 7) is 5.25. The topological polar surface area (TPSA) is 74.6 Å². The average Bonchev–Trinajstić information content (AvgIpc) is 2.29. The zero-order valence-corrected chi connectivity index (χ0v) is 11.3. The van der Waals surface area contributed by atoms with Crippen LogP contribution < -0.4 is 0 Å². The number of aliphatic carboxylic acids is 2. The zero-order chi connectivity index (χ0) is 14.6. The van der Waals surface area contributed by atoms with Crippen LogP contribution in [-0.4, -0.2) is 22.2 Å². The monoisotopic (exact) mass is 262 g/mol. The van der Waals surface area contributed by atoms with Crippen LogP contribution in [-0.2, 0) is 16.0 Å². The van der Waals surface area contributed by atoms with Crippen molar-refractivity contribution in [2.45, 2.75) is 27.2 Å². The summed E-state index contributed by atoms with van der Waals surface area (Å²) in [6, 6.07) is 7.38. The molecule has 0 saturated heterocycles. The van der Waals surface area contributed by atoms with Crippen molar-refractivity contribution in [3.63, 3.8) is 0 Å². The van der Waals surface area contributed by atoms with Gasteiger partial charge in [0, 0.05) is 6.42 Å². The van der Waals surface area contributed by atoms with Crippen LogP contribution in [0.4, 0.5) is 0 Å². The van der Waals surface area contributed by atoms with Crippen molar-refractivity contribution in [2.24, 2.45) is 5.92 Å². The highest BCUT2D eigenvalue weighted by Crippen LogP contribution is 2.21. The number of rotatable bonds is 5. The van der Waals surface area contributed by atoms with E-state index in [-0.39, 0.29) is 23.5 Å². The van der Waals surface area contributed by atoms with Gasteiger partial charge in [-0.05, 0) is 24.0 Å². The minimum Gasteiger partial charge on any atom is -0.478 e. The molecule has 0 atom stereocenters. The fourth-order valence-corrected chi connectivity index (χ4v) is 2.01. The second kappa shape index (κ2) is 6.18. The van der Waals surface area contributed by atoms with E-state index in [0.717, 1.165) is 11.1 Å². The summed E-state index contributed by atoms with van der Waals surface area (Å²) in [6.07, 6.45) is 0.127. The molecule has 1 aromatic rings. The number of carboxylic acid groups (broad SMARTS) is 2. The van der Waals surface area contributed by atoms with Crippen molar-refractivity contribution < 1.29 is 19.8 Å². The Labute approximate surface area is 112 Å². The highest BCUT2D eigenvalue weighted by molar-refractivity contribution is 5.99. The van der Waals surface area contributed by atoms with Gasteiger partial charge in [-0.25, -0.2) is 9.59 Å². The molecule has 1 aromatic carbocycles. The lowest BCUT2D eigenvalue weighted by Gasteiger charge is -2.13. The number of carboxylic acids is 2. The van der Waals surface area contributed by atoms with Crippen molar-refractivity contribution in [1.82, 2.24) is 0 Å². The Morgan fingerprint density at radius 2 is 1.68 bits per heavy atom. The SMILES string of the molecule is Cc1ccccc1C/C(C(=O)O)=C(/C(=O)O)C(C)C. The van der Waals surface area contributed by atoms with Gasteiger partial charge in [-0.15, -0.1) is 0 Å². The minimum atomic E-state index is -1.17. The molecule has 4 nitrogen and oxygen atoms in total. The first-order valence-electron chi connectivity index (χ1n) is 6.08. The highest BCUT2D eigenvalue weighted by Gasteiger charge is 2.23. The van der Waals surface area contributed by atoms with Crippen molar-refractivity contribution in [1.29, 1.82) is 0 Å². The Hall–Kier alpha value is -2.10. The van der Waals surface area contributed by atoms with Crippen molar-refractivity contribution >= 4 is 11.9 Å². The van der Waals surface area contributed by atoms with Crippen LogP contribution in [0.25, 0.3) is 0 Å². The van der Waals surface area contributed by atoms with Crippen LogP contribution >= 0.6 is 0 Å². The molecule has 0 unspecified atom stereocenters. The molecule has 0 heterocycles. The smallest absolute Gasteiger partial charge is 0.332 e. The Bertz CT molecular complexity index is 527. The molecule has 0 fully saturated rings. The van der Waals surface area contributed by atoms with Crippen LogP contribution in [0.15, 0.2) is 35.4 Å². The van der Waals surface area contributed by atoms with Gasteiger partial charge in [-0.1, -0.05) is 38.1 Å². The first kappa shape index (κ1) is 15.0. The molecular weight excluding hydrogens is 244 g/mol. The van der Waals surface area contributed by atoms with E-state index in [1.165, 1.54) is 0 Å². The van der Waals surface area contributed by atoms with Gasteiger partial charge < -0.3 is 10.2 Å².